The van der Waals surface area contributed by atoms with E-state index < -0.39 is 10.1 Å². The van der Waals surface area contributed by atoms with Crippen LogP contribution in [0.15, 0.2) is 48.7 Å². The zero-order chi connectivity index (χ0) is 24.0. The average molecular weight is 487 g/mol. The highest BCUT2D eigenvalue weighted by molar-refractivity contribution is 7.86. The first-order valence-electron chi connectivity index (χ1n) is 12.1. The van der Waals surface area contributed by atoms with Gasteiger partial charge in [-0.15, -0.1) is 0 Å². The lowest BCUT2D eigenvalue weighted by Crippen LogP contribution is -2.50. The van der Waals surface area contributed by atoms with Crippen molar-refractivity contribution < 1.29 is 17.4 Å². The fraction of sp³-hybridized carbons (Fsp3) is 0.520. The molecule has 2 heterocycles. The third-order valence-corrected chi connectivity index (χ3v) is 7.09. The third kappa shape index (κ3) is 6.48. The molecular weight excluding hydrogens is 452 g/mol. The van der Waals surface area contributed by atoms with Gasteiger partial charge >= 0.3 is 10.1 Å². The van der Waals surface area contributed by atoms with Gasteiger partial charge in [-0.05, 0) is 37.1 Å². The van der Waals surface area contributed by atoms with Gasteiger partial charge in [0.25, 0.3) is 0 Å². The Balaban J connectivity index is 1.37. The number of para-hydroxylation sites is 2. The van der Waals surface area contributed by atoms with Gasteiger partial charge in [0, 0.05) is 51.4 Å². The molecule has 0 unspecified atom stereocenters. The standard InChI is InChI=1S/C25H34N4O4S/c1-34(31,32)33-23-12-6-5-11-22(23)28-18-15-27(16-19-28)17-20-29(24-13-7-8-14-26-24)25(30)21-9-3-2-4-10-21/h5-8,11-14,21H,2-4,9-10,15-20H2,1H3. The molecule has 0 bridgehead atoms. The molecule has 1 amide bonds. The van der Waals surface area contributed by atoms with Gasteiger partial charge in [-0.3, -0.25) is 14.6 Å². The highest BCUT2D eigenvalue weighted by atomic mass is 32.2. The van der Waals surface area contributed by atoms with E-state index in [1.807, 2.05) is 35.2 Å². The molecule has 2 aromatic rings. The zero-order valence-corrected chi connectivity index (χ0v) is 20.6. The number of anilines is 2. The fourth-order valence-electron chi connectivity index (χ4n) is 4.83. The van der Waals surface area contributed by atoms with E-state index in [1.54, 1.807) is 18.3 Å². The van der Waals surface area contributed by atoms with Crippen LogP contribution in [-0.4, -0.2) is 69.7 Å². The summed E-state index contributed by atoms with van der Waals surface area (Å²) in [6.45, 7) is 4.53. The molecule has 0 N–H and O–H groups in total. The number of hydrogen-bond donors (Lipinski definition) is 0. The molecule has 1 saturated carbocycles. The molecule has 9 heteroatoms. The molecule has 1 aromatic heterocycles. The maximum atomic E-state index is 13.4. The largest absolute Gasteiger partial charge is 0.380 e. The Morgan fingerprint density at radius 3 is 2.41 bits per heavy atom. The monoisotopic (exact) mass is 486 g/mol. The van der Waals surface area contributed by atoms with Gasteiger partial charge in [0.05, 0.1) is 11.9 Å². The van der Waals surface area contributed by atoms with Crippen LogP contribution in [-0.2, 0) is 14.9 Å². The molecule has 1 aromatic carbocycles. The summed E-state index contributed by atoms with van der Waals surface area (Å²) >= 11 is 0. The number of rotatable bonds is 8. The Labute approximate surface area is 202 Å². The van der Waals surface area contributed by atoms with Gasteiger partial charge in [0.15, 0.2) is 5.75 Å². The molecule has 34 heavy (non-hydrogen) atoms. The Morgan fingerprint density at radius 1 is 1.03 bits per heavy atom. The number of carbonyl (C=O) groups is 1. The molecule has 0 atom stereocenters. The fourth-order valence-corrected chi connectivity index (χ4v) is 5.29. The Bertz CT molecular complexity index is 1050. The van der Waals surface area contributed by atoms with Crippen molar-refractivity contribution in [2.45, 2.75) is 32.1 Å². The van der Waals surface area contributed by atoms with Crippen molar-refractivity contribution in [3.63, 3.8) is 0 Å². The molecule has 2 fully saturated rings. The van der Waals surface area contributed by atoms with Gasteiger partial charge in [-0.25, -0.2) is 4.98 Å². The predicted molar refractivity (Wildman–Crippen MR) is 134 cm³/mol. The van der Waals surface area contributed by atoms with E-state index in [0.29, 0.717) is 12.3 Å². The number of nitrogens with zero attached hydrogens (tertiary/aromatic N) is 4. The smallest absolute Gasteiger partial charge is 0.306 e. The van der Waals surface area contributed by atoms with Crippen LogP contribution in [0, 0.1) is 5.92 Å². The van der Waals surface area contributed by atoms with E-state index >= 15 is 0 Å². The van der Waals surface area contributed by atoms with Crippen molar-refractivity contribution in [2.24, 2.45) is 5.92 Å². The Hall–Kier alpha value is -2.65. The first-order valence-corrected chi connectivity index (χ1v) is 13.9. The van der Waals surface area contributed by atoms with Crippen molar-refractivity contribution in [1.82, 2.24) is 9.88 Å². The van der Waals surface area contributed by atoms with Crippen molar-refractivity contribution in [2.75, 3.05) is 55.3 Å². The maximum absolute atomic E-state index is 13.4. The van der Waals surface area contributed by atoms with E-state index in [4.69, 9.17) is 4.18 Å². The van der Waals surface area contributed by atoms with Crippen molar-refractivity contribution >= 4 is 27.5 Å². The van der Waals surface area contributed by atoms with Crippen LogP contribution < -0.4 is 14.0 Å². The lowest BCUT2D eigenvalue weighted by Gasteiger charge is -2.37. The second-order valence-corrected chi connectivity index (χ2v) is 10.7. The summed E-state index contributed by atoms with van der Waals surface area (Å²) < 4.78 is 28.5. The molecule has 184 valence electrons. The Kier molecular flexibility index (Phi) is 8.05. The number of piperazine rings is 1. The van der Waals surface area contributed by atoms with Crippen LogP contribution in [0.25, 0.3) is 0 Å². The van der Waals surface area contributed by atoms with Gasteiger partial charge in [0.1, 0.15) is 5.82 Å². The van der Waals surface area contributed by atoms with Gasteiger partial charge in [-0.1, -0.05) is 37.5 Å². The van der Waals surface area contributed by atoms with Crippen LogP contribution in [0.2, 0.25) is 0 Å². The van der Waals surface area contributed by atoms with Crippen LogP contribution in [0.1, 0.15) is 32.1 Å². The summed E-state index contributed by atoms with van der Waals surface area (Å²) in [6, 6.07) is 13.0. The van der Waals surface area contributed by atoms with Crippen molar-refractivity contribution in [1.29, 1.82) is 0 Å². The zero-order valence-electron chi connectivity index (χ0n) is 19.8. The minimum Gasteiger partial charge on any atom is -0.380 e. The molecule has 4 rings (SSSR count). The van der Waals surface area contributed by atoms with E-state index in [1.165, 1.54) is 6.42 Å². The third-order valence-electron chi connectivity index (χ3n) is 6.61. The summed E-state index contributed by atoms with van der Waals surface area (Å²) in [5.41, 5.74) is 0.787. The highest BCUT2D eigenvalue weighted by Gasteiger charge is 2.28. The van der Waals surface area contributed by atoms with E-state index in [9.17, 15) is 13.2 Å². The number of benzene rings is 1. The second kappa shape index (κ2) is 11.2. The lowest BCUT2D eigenvalue weighted by molar-refractivity contribution is -0.123. The van der Waals surface area contributed by atoms with Gasteiger partial charge in [-0.2, -0.15) is 8.42 Å². The lowest BCUT2D eigenvalue weighted by atomic mass is 9.88. The van der Waals surface area contributed by atoms with Gasteiger partial charge in [0.2, 0.25) is 5.91 Å². The summed E-state index contributed by atoms with van der Waals surface area (Å²) in [6.07, 6.45) is 8.20. The maximum Gasteiger partial charge on any atom is 0.306 e. The summed E-state index contributed by atoms with van der Waals surface area (Å²) in [4.78, 5) is 24.2. The highest BCUT2D eigenvalue weighted by Crippen LogP contribution is 2.30. The number of pyridine rings is 1. The minimum absolute atomic E-state index is 0.0962. The van der Waals surface area contributed by atoms with Crippen LogP contribution in [0.5, 0.6) is 5.75 Å². The molecule has 1 aliphatic heterocycles. The van der Waals surface area contributed by atoms with Crippen molar-refractivity contribution in [3.8, 4) is 5.75 Å². The normalized spacial score (nSPS) is 18.0. The first-order chi connectivity index (χ1) is 16.4. The van der Waals surface area contributed by atoms with E-state index in [-0.39, 0.29) is 11.8 Å². The number of amides is 1. The predicted octanol–water partition coefficient (Wildman–Crippen LogP) is 3.16. The van der Waals surface area contributed by atoms with Crippen LogP contribution in [0.4, 0.5) is 11.5 Å². The first kappa shape index (κ1) is 24.5. The van der Waals surface area contributed by atoms with Crippen LogP contribution >= 0.6 is 0 Å². The average Bonchev–Trinajstić information content (AvgIpc) is 2.85. The second-order valence-electron chi connectivity index (χ2n) is 9.10. The molecule has 1 aliphatic carbocycles. The van der Waals surface area contributed by atoms with Gasteiger partial charge < -0.3 is 9.08 Å². The summed E-state index contributed by atoms with van der Waals surface area (Å²) in [5.74, 6) is 1.38. The number of hydrogen-bond acceptors (Lipinski definition) is 7. The Morgan fingerprint density at radius 2 is 1.74 bits per heavy atom. The molecule has 1 saturated heterocycles. The summed E-state index contributed by atoms with van der Waals surface area (Å²) in [7, 11) is -3.59. The SMILES string of the molecule is CS(=O)(=O)Oc1ccccc1N1CCN(CCN(C(=O)C2CCCCC2)c2ccccn2)CC1. The molecular formula is C25H34N4O4S. The molecule has 2 aliphatic rings. The number of aromatic nitrogens is 1. The van der Waals surface area contributed by atoms with Crippen molar-refractivity contribution in [3.05, 3.63) is 48.7 Å². The van der Waals surface area contributed by atoms with E-state index in [2.05, 4.69) is 14.8 Å². The molecule has 0 spiro atoms. The topological polar surface area (TPSA) is 83.1 Å². The quantitative estimate of drug-likeness (QED) is 0.530. The van der Waals surface area contributed by atoms with Crippen LogP contribution in [0.3, 0.4) is 0 Å². The number of carbonyl (C=O) groups excluding carboxylic acids is 1. The molecule has 8 nitrogen and oxygen atoms in total. The summed E-state index contributed by atoms with van der Waals surface area (Å²) in [5, 5.41) is 0. The molecule has 0 radical (unpaired) electrons. The minimum atomic E-state index is -3.59. The van der Waals surface area contributed by atoms with E-state index in [0.717, 1.165) is 76.2 Å².